The van der Waals surface area contributed by atoms with Gasteiger partial charge >= 0.3 is 0 Å². The monoisotopic (exact) mass is 426 g/mol. The maximum Gasteiger partial charge on any atom is 0.138 e. The molecule has 0 unspecified atom stereocenters. The van der Waals surface area contributed by atoms with Gasteiger partial charge in [0.15, 0.2) is 0 Å². The van der Waals surface area contributed by atoms with Crippen LogP contribution in [0.2, 0.25) is 0 Å². The molecule has 164 valence electrons. The topological polar surface area (TPSA) is 44.4 Å². The lowest BCUT2D eigenvalue weighted by molar-refractivity contribution is 0.225. The first-order chi connectivity index (χ1) is 15.7. The Labute approximate surface area is 189 Å². The van der Waals surface area contributed by atoms with Gasteiger partial charge in [0.2, 0.25) is 0 Å². The predicted molar refractivity (Wildman–Crippen MR) is 131 cm³/mol. The Hall–Kier alpha value is -3.31. The number of nitrogens with zero attached hydrogens (tertiary/aromatic N) is 3. The lowest BCUT2D eigenvalue weighted by Gasteiger charge is -2.36. The summed E-state index contributed by atoms with van der Waals surface area (Å²) in [5.41, 5.74) is 5.77. The second kappa shape index (κ2) is 9.45. The molecule has 1 aliphatic rings. The number of aryl methyl sites for hydroxylation is 1. The first kappa shape index (κ1) is 20.6. The van der Waals surface area contributed by atoms with Crippen molar-refractivity contribution in [3.05, 3.63) is 78.4 Å². The SMILES string of the molecule is Cc1ccc(N2CCN(CCCOc3ccc(-c4nc5ccccc5[nH]4)cc3)CC2)cc1. The summed E-state index contributed by atoms with van der Waals surface area (Å²) in [5.74, 6) is 1.80. The number of ether oxygens (including phenoxy) is 1. The number of hydrogen-bond donors (Lipinski definition) is 1. The lowest BCUT2D eigenvalue weighted by Crippen LogP contribution is -2.46. The van der Waals surface area contributed by atoms with Crippen LogP contribution in [0.5, 0.6) is 5.75 Å². The third-order valence-electron chi connectivity index (χ3n) is 6.18. The fraction of sp³-hybridized carbons (Fsp3) is 0.296. The number of aromatic amines is 1. The minimum Gasteiger partial charge on any atom is -0.494 e. The Bertz CT molecular complexity index is 1110. The number of hydrogen-bond acceptors (Lipinski definition) is 4. The van der Waals surface area contributed by atoms with Crippen LogP contribution >= 0.6 is 0 Å². The molecule has 3 aromatic carbocycles. The molecule has 32 heavy (non-hydrogen) atoms. The second-order valence-electron chi connectivity index (χ2n) is 8.49. The number of fused-ring (bicyclic) bond motifs is 1. The summed E-state index contributed by atoms with van der Waals surface area (Å²) < 4.78 is 5.98. The van der Waals surface area contributed by atoms with Crippen molar-refractivity contribution >= 4 is 16.7 Å². The van der Waals surface area contributed by atoms with Gasteiger partial charge in [-0.05, 0) is 61.9 Å². The maximum absolute atomic E-state index is 5.98. The van der Waals surface area contributed by atoms with E-state index in [2.05, 4.69) is 63.1 Å². The quantitative estimate of drug-likeness (QED) is 0.416. The normalized spacial score (nSPS) is 14.7. The minimum atomic E-state index is 0.738. The van der Waals surface area contributed by atoms with Crippen LogP contribution in [0.3, 0.4) is 0 Å². The molecule has 0 amide bonds. The van der Waals surface area contributed by atoms with Crippen molar-refractivity contribution < 1.29 is 4.74 Å². The molecule has 5 nitrogen and oxygen atoms in total. The van der Waals surface area contributed by atoms with Crippen LogP contribution in [0.4, 0.5) is 5.69 Å². The van der Waals surface area contributed by atoms with Crippen LogP contribution in [0.1, 0.15) is 12.0 Å². The zero-order valence-electron chi connectivity index (χ0n) is 18.6. The standard InChI is InChI=1S/C27H30N4O/c1-21-7-11-23(12-8-21)31-18-16-30(17-19-31)15-4-20-32-24-13-9-22(10-14-24)27-28-25-5-2-3-6-26(25)29-27/h2-3,5-14H,4,15-20H2,1H3,(H,28,29). The fourth-order valence-electron chi connectivity index (χ4n) is 4.26. The Balaban J connectivity index is 1.05. The van der Waals surface area contributed by atoms with Gasteiger partial charge in [-0.25, -0.2) is 4.98 Å². The molecule has 0 spiro atoms. The van der Waals surface area contributed by atoms with Gasteiger partial charge in [0.25, 0.3) is 0 Å². The largest absolute Gasteiger partial charge is 0.494 e. The van der Waals surface area contributed by atoms with Gasteiger partial charge in [0.05, 0.1) is 17.6 Å². The number of nitrogens with one attached hydrogen (secondary N) is 1. The van der Waals surface area contributed by atoms with Crippen LogP contribution in [0, 0.1) is 6.92 Å². The van der Waals surface area contributed by atoms with E-state index in [-0.39, 0.29) is 0 Å². The summed E-state index contributed by atoms with van der Waals surface area (Å²) in [7, 11) is 0. The average Bonchev–Trinajstić information content (AvgIpc) is 3.28. The van der Waals surface area contributed by atoms with Gasteiger partial charge in [-0.15, -0.1) is 0 Å². The molecule has 0 aliphatic carbocycles. The van der Waals surface area contributed by atoms with E-state index in [0.717, 1.165) is 73.9 Å². The highest BCUT2D eigenvalue weighted by Crippen LogP contribution is 2.23. The van der Waals surface area contributed by atoms with Gasteiger partial charge in [0.1, 0.15) is 11.6 Å². The molecule has 0 saturated carbocycles. The molecule has 1 saturated heterocycles. The number of aromatic nitrogens is 2. The van der Waals surface area contributed by atoms with Crippen molar-refractivity contribution in [2.75, 3.05) is 44.2 Å². The molecule has 1 fully saturated rings. The molecular weight excluding hydrogens is 396 g/mol. The van der Waals surface area contributed by atoms with E-state index in [0.29, 0.717) is 0 Å². The van der Waals surface area contributed by atoms with Crippen molar-refractivity contribution in [1.29, 1.82) is 0 Å². The van der Waals surface area contributed by atoms with Crippen LogP contribution < -0.4 is 9.64 Å². The van der Waals surface area contributed by atoms with Gasteiger partial charge in [0, 0.05) is 44.0 Å². The van der Waals surface area contributed by atoms with Crippen LogP contribution in [0.25, 0.3) is 22.4 Å². The van der Waals surface area contributed by atoms with Crippen LogP contribution in [-0.2, 0) is 0 Å². The van der Waals surface area contributed by atoms with Crippen molar-refractivity contribution in [3.8, 4) is 17.1 Å². The van der Waals surface area contributed by atoms with Gasteiger partial charge in [-0.3, -0.25) is 4.90 Å². The maximum atomic E-state index is 5.98. The summed E-state index contributed by atoms with van der Waals surface area (Å²) in [6.45, 7) is 8.36. The first-order valence-electron chi connectivity index (χ1n) is 11.5. The Morgan fingerprint density at radius 2 is 1.62 bits per heavy atom. The van der Waals surface area contributed by atoms with Crippen molar-refractivity contribution in [2.24, 2.45) is 0 Å². The highest BCUT2D eigenvalue weighted by atomic mass is 16.5. The van der Waals surface area contributed by atoms with Crippen LogP contribution in [-0.4, -0.2) is 54.2 Å². The fourth-order valence-corrected chi connectivity index (χ4v) is 4.26. The van der Waals surface area contributed by atoms with E-state index in [4.69, 9.17) is 4.74 Å². The van der Waals surface area contributed by atoms with E-state index in [1.807, 2.05) is 36.4 Å². The third-order valence-corrected chi connectivity index (χ3v) is 6.18. The molecule has 1 aliphatic heterocycles. The number of H-pyrrole nitrogens is 1. The molecule has 1 aromatic heterocycles. The summed E-state index contributed by atoms with van der Waals surface area (Å²) in [5, 5.41) is 0. The van der Waals surface area contributed by atoms with E-state index in [1.165, 1.54) is 11.3 Å². The molecule has 0 radical (unpaired) electrons. The molecule has 0 bridgehead atoms. The molecule has 5 rings (SSSR count). The summed E-state index contributed by atoms with van der Waals surface area (Å²) in [4.78, 5) is 13.1. The highest BCUT2D eigenvalue weighted by Gasteiger charge is 2.16. The Morgan fingerprint density at radius 3 is 2.38 bits per heavy atom. The van der Waals surface area contributed by atoms with E-state index >= 15 is 0 Å². The molecular formula is C27H30N4O. The highest BCUT2D eigenvalue weighted by molar-refractivity contribution is 5.79. The first-order valence-corrected chi connectivity index (χ1v) is 11.5. The third kappa shape index (κ3) is 4.78. The molecule has 2 heterocycles. The second-order valence-corrected chi connectivity index (χ2v) is 8.49. The summed E-state index contributed by atoms with van der Waals surface area (Å²) >= 11 is 0. The predicted octanol–water partition coefficient (Wildman–Crippen LogP) is 5.13. The van der Waals surface area contributed by atoms with E-state index in [1.54, 1.807) is 0 Å². The number of piperazine rings is 1. The number of anilines is 1. The zero-order chi connectivity index (χ0) is 21.8. The molecule has 5 heteroatoms. The molecule has 0 atom stereocenters. The van der Waals surface area contributed by atoms with Crippen molar-refractivity contribution in [3.63, 3.8) is 0 Å². The number of para-hydroxylation sites is 2. The number of imidazole rings is 1. The minimum absolute atomic E-state index is 0.738. The number of benzene rings is 3. The van der Waals surface area contributed by atoms with E-state index in [9.17, 15) is 0 Å². The van der Waals surface area contributed by atoms with Crippen molar-refractivity contribution in [2.45, 2.75) is 13.3 Å². The molecule has 4 aromatic rings. The Kier molecular flexibility index (Phi) is 6.08. The summed E-state index contributed by atoms with van der Waals surface area (Å²) in [6, 6.07) is 25.2. The summed E-state index contributed by atoms with van der Waals surface area (Å²) in [6.07, 6.45) is 1.04. The lowest BCUT2D eigenvalue weighted by atomic mass is 10.2. The van der Waals surface area contributed by atoms with Crippen LogP contribution in [0.15, 0.2) is 72.8 Å². The smallest absolute Gasteiger partial charge is 0.138 e. The Morgan fingerprint density at radius 1 is 0.875 bits per heavy atom. The van der Waals surface area contributed by atoms with E-state index < -0.39 is 0 Å². The zero-order valence-corrected chi connectivity index (χ0v) is 18.6. The van der Waals surface area contributed by atoms with Crippen molar-refractivity contribution in [1.82, 2.24) is 14.9 Å². The molecule has 1 N–H and O–H groups in total. The average molecular weight is 427 g/mol. The van der Waals surface area contributed by atoms with Gasteiger partial charge in [-0.2, -0.15) is 0 Å². The van der Waals surface area contributed by atoms with Gasteiger partial charge < -0.3 is 14.6 Å². The number of rotatable bonds is 7. The van der Waals surface area contributed by atoms with Gasteiger partial charge in [-0.1, -0.05) is 29.8 Å².